The van der Waals surface area contributed by atoms with Gasteiger partial charge in [-0.15, -0.1) is 11.8 Å². The molecule has 2 aromatic rings. The topological polar surface area (TPSA) is 40.0 Å². The van der Waals surface area contributed by atoms with Crippen LogP contribution in [0.3, 0.4) is 0 Å². The first-order chi connectivity index (χ1) is 14.1. The molecule has 156 valence electrons. The second-order valence-corrected chi connectivity index (χ2v) is 7.82. The Morgan fingerprint density at radius 1 is 1.00 bits per heavy atom. The van der Waals surface area contributed by atoms with Gasteiger partial charge in [0.05, 0.1) is 12.8 Å². The predicted molar refractivity (Wildman–Crippen MR) is 123 cm³/mol. The van der Waals surface area contributed by atoms with Gasteiger partial charge in [0.1, 0.15) is 25.2 Å². The van der Waals surface area contributed by atoms with E-state index in [9.17, 15) is 0 Å². The fourth-order valence-corrected chi connectivity index (χ4v) is 3.71. The van der Waals surface area contributed by atoms with Gasteiger partial charge in [-0.05, 0) is 80.3 Å². The molecule has 0 heterocycles. The maximum atomic E-state index is 6.05. The molecule has 0 aromatic heterocycles. The van der Waals surface area contributed by atoms with Crippen molar-refractivity contribution in [3.05, 3.63) is 65.2 Å². The number of hydrogen-bond acceptors (Lipinski definition) is 5. The van der Waals surface area contributed by atoms with E-state index >= 15 is 0 Å². The van der Waals surface area contributed by atoms with Crippen molar-refractivity contribution in [2.45, 2.75) is 38.5 Å². The van der Waals surface area contributed by atoms with Crippen LogP contribution in [0.25, 0.3) is 0 Å². The lowest BCUT2D eigenvalue weighted by Crippen LogP contribution is -2.02. The zero-order valence-electron chi connectivity index (χ0n) is 17.8. The number of thioether (sulfide) groups is 1. The summed E-state index contributed by atoms with van der Waals surface area (Å²) in [7, 11) is 1.54. The van der Waals surface area contributed by atoms with Gasteiger partial charge in [0.15, 0.2) is 0 Å². The van der Waals surface area contributed by atoms with Crippen LogP contribution in [0.2, 0.25) is 0 Å². The van der Waals surface area contributed by atoms with Gasteiger partial charge in [-0.1, -0.05) is 29.4 Å². The van der Waals surface area contributed by atoms with Gasteiger partial charge in [-0.2, -0.15) is 0 Å². The van der Waals surface area contributed by atoms with E-state index in [1.165, 1.54) is 4.90 Å². The molecule has 0 unspecified atom stereocenters. The Hall–Kier alpha value is -2.40. The van der Waals surface area contributed by atoms with Crippen LogP contribution < -0.4 is 9.47 Å². The smallest absolute Gasteiger partial charge is 0.125 e. The van der Waals surface area contributed by atoms with E-state index in [0.717, 1.165) is 53.4 Å². The van der Waals surface area contributed by atoms with Crippen LogP contribution in [-0.2, 0) is 4.84 Å². The summed E-state index contributed by atoms with van der Waals surface area (Å²) in [6.07, 6.45) is 7.83. The fourth-order valence-electron chi connectivity index (χ4n) is 2.79. The second kappa shape index (κ2) is 12.9. The molecule has 0 radical (unpaired) electrons. The summed E-state index contributed by atoms with van der Waals surface area (Å²) in [5, 5.41) is 3.77. The van der Waals surface area contributed by atoms with Gasteiger partial charge < -0.3 is 14.3 Å². The standard InChI is InChI=1S/C24H31NO3S/c1-5-6-13-27-22-16-19(2)24(20(3)17-22)28-14-7-8-15-29-23-11-9-21(10-12-23)18-25-26-4/h5-6,9-12,16-18H,7-8,13-15H2,1-4H3/b6-5+,25-18+. The van der Waals surface area contributed by atoms with Crippen molar-refractivity contribution in [3.63, 3.8) is 0 Å². The summed E-state index contributed by atoms with van der Waals surface area (Å²) in [5.74, 6) is 2.94. The molecule has 2 aromatic carbocycles. The molecular formula is C24H31NO3S. The summed E-state index contributed by atoms with van der Waals surface area (Å²) in [4.78, 5) is 5.96. The van der Waals surface area contributed by atoms with E-state index in [4.69, 9.17) is 14.3 Å². The first-order valence-corrected chi connectivity index (χ1v) is 10.9. The summed E-state index contributed by atoms with van der Waals surface area (Å²) >= 11 is 1.86. The lowest BCUT2D eigenvalue weighted by Gasteiger charge is -2.14. The third-order valence-corrected chi connectivity index (χ3v) is 5.36. The molecule has 2 rings (SSSR count). The van der Waals surface area contributed by atoms with Crippen LogP contribution in [-0.4, -0.2) is 32.3 Å². The maximum absolute atomic E-state index is 6.05. The molecule has 0 spiro atoms. The monoisotopic (exact) mass is 413 g/mol. The first kappa shape index (κ1) is 22.9. The molecule has 0 saturated carbocycles. The Morgan fingerprint density at radius 3 is 2.38 bits per heavy atom. The minimum atomic E-state index is 0.594. The number of unbranched alkanes of at least 4 members (excludes halogenated alkanes) is 1. The average molecular weight is 414 g/mol. The van der Waals surface area contributed by atoms with Crippen LogP contribution >= 0.6 is 11.8 Å². The van der Waals surface area contributed by atoms with Crippen LogP contribution in [0, 0.1) is 13.8 Å². The second-order valence-electron chi connectivity index (χ2n) is 6.66. The van der Waals surface area contributed by atoms with Gasteiger partial charge in [-0.25, -0.2) is 0 Å². The molecule has 0 aliphatic rings. The third kappa shape index (κ3) is 8.24. The molecule has 0 N–H and O–H groups in total. The Balaban J connectivity index is 1.70. The SMILES string of the molecule is C/C=C/COc1cc(C)c(OCCCCSc2ccc(/C=N/OC)cc2)c(C)c1. The van der Waals surface area contributed by atoms with Crippen LogP contribution in [0.5, 0.6) is 11.5 Å². The molecule has 29 heavy (non-hydrogen) atoms. The van der Waals surface area contributed by atoms with Crippen molar-refractivity contribution in [2.24, 2.45) is 5.16 Å². The fraction of sp³-hybridized carbons (Fsp3) is 0.375. The first-order valence-electron chi connectivity index (χ1n) is 9.91. The quantitative estimate of drug-likeness (QED) is 0.137. The lowest BCUT2D eigenvalue weighted by molar-refractivity contribution is 0.215. The van der Waals surface area contributed by atoms with Gasteiger partial charge >= 0.3 is 0 Å². The Morgan fingerprint density at radius 2 is 1.72 bits per heavy atom. The van der Waals surface area contributed by atoms with Crippen molar-refractivity contribution in [2.75, 3.05) is 26.1 Å². The molecule has 0 bridgehead atoms. The highest BCUT2D eigenvalue weighted by molar-refractivity contribution is 7.99. The van der Waals surface area contributed by atoms with Gasteiger partial charge in [0, 0.05) is 4.90 Å². The van der Waals surface area contributed by atoms with Crippen LogP contribution in [0.15, 0.2) is 58.6 Å². The van der Waals surface area contributed by atoms with E-state index in [1.807, 2.05) is 55.1 Å². The van der Waals surface area contributed by atoms with E-state index in [-0.39, 0.29) is 0 Å². The van der Waals surface area contributed by atoms with E-state index < -0.39 is 0 Å². The van der Waals surface area contributed by atoms with Crippen LogP contribution in [0.1, 0.15) is 36.5 Å². The molecular weight excluding hydrogens is 382 g/mol. The maximum Gasteiger partial charge on any atom is 0.125 e. The summed E-state index contributed by atoms with van der Waals surface area (Å²) in [5.41, 5.74) is 3.27. The van der Waals surface area contributed by atoms with E-state index in [0.29, 0.717) is 6.61 Å². The molecule has 5 heteroatoms. The number of nitrogens with zero attached hydrogens (tertiary/aromatic N) is 1. The Bertz CT molecular complexity index is 777. The van der Waals surface area contributed by atoms with Gasteiger partial charge in [0.25, 0.3) is 0 Å². The zero-order valence-corrected chi connectivity index (χ0v) is 18.6. The number of oxime groups is 1. The molecule has 0 atom stereocenters. The number of rotatable bonds is 12. The average Bonchev–Trinajstić information content (AvgIpc) is 2.71. The van der Waals surface area contributed by atoms with Crippen LogP contribution in [0.4, 0.5) is 0 Å². The lowest BCUT2D eigenvalue weighted by atomic mass is 10.1. The molecule has 0 fully saturated rings. The number of aryl methyl sites for hydroxylation is 2. The highest BCUT2D eigenvalue weighted by Crippen LogP contribution is 2.29. The Kier molecular flexibility index (Phi) is 10.2. The summed E-state index contributed by atoms with van der Waals surface area (Å²) < 4.78 is 11.8. The molecule has 0 amide bonds. The zero-order chi connectivity index (χ0) is 20.9. The normalized spacial score (nSPS) is 11.3. The number of benzene rings is 2. The molecule has 0 aliphatic carbocycles. The van der Waals surface area contributed by atoms with Gasteiger partial charge in [-0.3, -0.25) is 0 Å². The highest BCUT2D eigenvalue weighted by atomic mass is 32.2. The van der Waals surface area contributed by atoms with E-state index in [2.05, 4.69) is 31.1 Å². The number of hydrogen-bond donors (Lipinski definition) is 0. The summed E-state index contributed by atoms with van der Waals surface area (Å²) in [6.45, 7) is 7.46. The molecule has 0 aliphatic heterocycles. The van der Waals surface area contributed by atoms with Crippen molar-refractivity contribution >= 4 is 18.0 Å². The van der Waals surface area contributed by atoms with Crippen molar-refractivity contribution in [1.29, 1.82) is 0 Å². The largest absolute Gasteiger partial charge is 0.493 e. The minimum absolute atomic E-state index is 0.594. The Labute approximate surface area is 178 Å². The number of ether oxygens (including phenoxy) is 2. The third-order valence-electron chi connectivity index (χ3n) is 4.26. The highest BCUT2D eigenvalue weighted by Gasteiger charge is 2.07. The predicted octanol–water partition coefficient (Wildman–Crippen LogP) is 6.19. The van der Waals surface area contributed by atoms with Gasteiger partial charge in [0.2, 0.25) is 0 Å². The minimum Gasteiger partial charge on any atom is -0.493 e. The molecule has 0 saturated heterocycles. The van der Waals surface area contributed by atoms with Crippen molar-refractivity contribution in [1.82, 2.24) is 0 Å². The summed E-state index contributed by atoms with van der Waals surface area (Å²) in [6, 6.07) is 12.4. The van der Waals surface area contributed by atoms with Crippen molar-refractivity contribution in [3.8, 4) is 11.5 Å². The molecule has 4 nitrogen and oxygen atoms in total. The van der Waals surface area contributed by atoms with E-state index in [1.54, 1.807) is 13.3 Å². The number of allylic oxidation sites excluding steroid dienone is 1. The van der Waals surface area contributed by atoms with Crippen molar-refractivity contribution < 1.29 is 14.3 Å².